The average molecular weight is 286 g/mol. The van der Waals surface area contributed by atoms with Crippen LogP contribution in [0.2, 0.25) is 0 Å². The number of alkyl halides is 1. The van der Waals surface area contributed by atoms with Crippen LogP contribution in [0.3, 0.4) is 0 Å². The fraction of sp³-hybridized carbons (Fsp3) is 0.571. The molecule has 19 heavy (non-hydrogen) atoms. The summed E-state index contributed by atoms with van der Waals surface area (Å²) in [5.74, 6) is 0.506. The standard InChI is InChI=1S/C14H20ClNO3/c1-4-8-19-14-9-11(12(5-2)10(3)15)6-7-13(14)16(17)18/h6-7,9-10,12H,4-5,8H2,1-3H3. The van der Waals surface area contributed by atoms with Crippen LogP contribution in [0.25, 0.3) is 0 Å². The predicted molar refractivity (Wildman–Crippen MR) is 77.2 cm³/mol. The molecule has 4 nitrogen and oxygen atoms in total. The van der Waals surface area contributed by atoms with Crippen LogP contribution < -0.4 is 4.74 Å². The van der Waals surface area contributed by atoms with Crippen molar-refractivity contribution in [2.75, 3.05) is 6.61 Å². The summed E-state index contributed by atoms with van der Waals surface area (Å²) in [6.07, 6.45) is 1.69. The normalized spacial score (nSPS) is 13.9. The Balaban J connectivity index is 3.12. The molecule has 0 saturated carbocycles. The van der Waals surface area contributed by atoms with E-state index in [1.807, 2.05) is 13.8 Å². The molecule has 0 heterocycles. The lowest BCUT2D eigenvalue weighted by Gasteiger charge is -2.18. The lowest BCUT2D eigenvalue weighted by molar-refractivity contribution is -0.385. The van der Waals surface area contributed by atoms with Crippen LogP contribution in [-0.4, -0.2) is 16.9 Å². The zero-order chi connectivity index (χ0) is 14.4. The molecule has 0 spiro atoms. The van der Waals surface area contributed by atoms with Crippen molar-refractivity contribution in [3.63, 3.8) is 0 Å². The molecule has 0 N–H and O–H groups in total. The summed E-state index contributed by atoms with van der Waals surface area (Å²) >= 11 is 6.16. The highest BCUT2D eigenvalue weighted by Crippen LogP contribution is 2.34. The van der Waals surface area contributed by atoms with Gasteiger partial charge in [0.25, 0.3) is 0 Å². The Kier molecular flexibility index (Phi) is 6.09. The van der Waals surface area contributed by atoms with Gasteiger partial charge in [-0.3, -0.25) is 10.1 Å². The van der Waals surface area contributed by atoms with Crippen LogP contribution in [0.4, 0.5) is 5.69 Å². The van der Waals surface area contributed by atoms with Gasteiger partial charge in [-0.1, -0.05) is 19.9 Å². The lowest BCUT2D eigenvalue weighted by Crippen LogP contribution is -2.09. The van der Waals surface area contributed by atoms with Gasteiger partial charge in [-0.25, -0.2) is 0 Å². The number of nitro benzene ring substituents is 1. The Morgan fingerprint density at radius 1 is 1.42 bits per heavy atom. The minimum absolute atomic E-state index is 0.00859. The molecule has 1 aromatic rings. The summed E-state index contributed by atoms with van der Waals surface area (Å²) in [6, 6.07) is 5.02. The smallest absolute Gasteiger partial charge is 0.310 e. The van der Waals surface area contributed by atoms with Gasteiger partial charge in [0, 0.05) is 11.4 Å². The quantitative estimate of drug-likeness (QED) is 0.421. The summed E-state index contributed by atoms with van der Waals surface area (Å²) in [7, 11) is 0. The summed E-state index contributed by atoms with van der Waals surface area (Å²) < 4.78 is 5.48. The van der Waals surface area contributed by atoms with E-state index < -0.39 is 4.92 Å². The first-order chi connectivity index (χ1) is 9.01. The SMILES string of the molecule is CCCOc1cc(C(CC)C(C)Cl)ccc1[N+](=O)[O-]. The number of rotatable bonds is 7. The minimum Gasteiger partial charge on any atom is -0.487 e. The highest BCUT2D eigenvalue weighted by Gasteiger charge is 2.21. The van der Waals surface area contributed by atoms with E-state index in [1.165, 1.54) is 6.07 Å². The van der Waals surface area contributed by atoms with E-state index in [9.17, 15) is 10.1 Å². The van der Waals surface area contributed by atoms with Crippen molar-refractivity contribution in [3.8, 4) is 5.75 Å². The molecule has 0 fully saturated rings. The van der Waals surface area contributed by atoms with E-state index in [2.05, 4.69) is 6.92 Å². The van der Waals surface area contributed by atoms with Crippen molar-refractivity contribution in [1.29, 1.82) is 0 Å². The second-order valence-corrected chi connectivity index (χ2v) is 5.21. The number of benzene rings is 1. The Morgan fingerprint density at radius 3 is 2.58 bits per heavy atom. The first-order valence-corrected chi connectivity index (χ1v) is 7.00. The Labute approximate surface area is 118 Å². The van der Waals surface area contributed by atoms with Crippen LogP contribution >= 0.6 is 11.6 Å². The van der Waals surface area contributed by atoms with Crippen molar-refractivity contribution in [2.45, 2.75) is 44.9 Å². The van der Waals surface area contributed by atoms with Gasteiger partial charge in [-0.05, 0) is 37.3 Å². The van der Waals surface area contributed by atoms with Gasteiger partial charge < -0.3 is 4.74 Å². The molecular formula is C14H20ClNO3. The molecule has 1 aromatic carbocycles. The minimum atomic E-state index is -0.417. The number of nitrogens with zero attached hydrogens (tertiary/aromatic N) is 1. The van der Waals surface area contributed by atoms with Crippen LogP contribution in [0.1, 0.15) is 45.1 Å². The maximum absolute atomic E-state index is 11.0. The molecule has 0 radical (unpaired) electrons. The van der Waals surface area contributed by atoms with Gasteiger partial charge in [0.1, 0.15) is 0 Å². The van der Waals surface area contributed by atoms with Gasteiger partial charge in [-0.15, -0.1) is 11.6 Å². The van der Waals surface area contributed by atoms with Crippen LogP contribution in [0.15, 0.2) is 18.2 Å². The summed E-state index contributed by atoms with van der Waals surface area (Å²) in [6.45, 7) is 6.42. The molecule has 106 valence electrons. The van der Waals surface area contributed by atoms with Crippen LogP contribution in [0.5, 0.6) is 5.75 Å². The van der Waals surface area contributed by atoms with E-state index in [0.29, 0.717) is 12.4 Å². The van der Waals surface area contributed by atoms with Crippen molar-refractivity contribution in [2.24, 2.45) is 0 Å². The van der Waals surface area contributed by atoms with Crippen molar-refractivity contribution in [1.82, 2.24) is 0 Å². The Morgan fingerprint density at radius 2 is 2.11 bits per heavy atom. The predicted octanol–water partition coefficient (Wildman–Crippen LogP) is 4.50. The summed E-state index contributed by atoms with van der Waals surface area (Å²) in [5, 5.41) is 10.9. The Bertz CT molecular complexity index is 435. The third-order valence-corrected chi connectivity index (χ3v) is 3.37. The van der Waals surface area contributed by atoms with Gasteiger partial charge in [0.15, 0.2) is 5.75 Å². The zero-order valence-electron chi connectivity index (χ0n) is 11.6. The van der Waals surface area contributed by atoms with E-state index in [4.69, 9.17) is 16.3 Å². The van der Waals surface area contributed by atoms with Crippen LogP contribution in [-0.2, 0) is 0 Å². The largest absolute Gasteiger partial charge is 0.487 e. The number of ether oxygens (including phenoxy) is 1. The number of halogens is 1. The summed E-state index contributed by atoms with van der Waals surface area (Å²) in [5.41, 5.74) is 0.996. The Hall–Kier alpha value is -1.29. The second-order valence-electron chi connectivity index (χ2n) is 4.53. The van der Waals surface area contributed by atoms with Gasteiger partial charge in [-0.2, -0.15) is 0 Å². The number of hydrogen-bond donors (Lipinski definition) is 0. The molecule has 0 bridgehead atoms. The first-order valence-electron chi connectivity index (χ1n) is 6.56. The third-order valence-electron chi connectivity index (χ3n) is 3.06. The first kappa shape index (κ1) is 15.8. The van der Waals surface area contributed by atoms with E-state index in [0.717, 1.165) is 18.4 Å². The molecule has 1 rings (SSSR count). The molecule has 2 atom stereocenters. The summed E-state index contributed by atoms with van der Waals surface area (Å²) in [4.78, 5) is 10.6. The molecule has 0 aromatic heterocycles. The number of hydrogen-bond acceptors (Lipinski definition) is 3. The van der Waals surface area contributed by atoms with E-state index >= 15 is 0 Å². The molecule has 0 amide bonds. The molecular weight excluding hydrogens is 266 g/mol. The van der Waals surface area contributed by atoms with E-state index in [-0.39, 0.29) is 17.0 Å². The fourth-order valence-electron chi connectivity index (χ4n) is 2.07. The monoisotopic (exact) mass is 285 g/mol. The number of nitro groups is 1. The van der Waals surface area contributed by atoms with Crippen molar-refractivity contribution in [3.05, 3.63) is 33.9 Å². The van der Waals surface area contributed by atoms with Crippen molar-refractivity contribution >= 4 is 17.3 Å². The second kappa shape index (κ2) is 7.34. The topological polar surface area (TPSA) is 52.4 Å². The molecule has 0 saturated heterocycles. The lowest BCUT2D eigenvalue weighted by atomic mass is 9.93. The maximum atomic E-state index is 11.0. The molecule has 5 heteroatoms. The third kappa shape index (κ3) is 4.10. The highest BCUT2D eigenvalue weighted by molar-refractivity contribution is 6.20. The highest BCUT2D eigenvalue weighted by atomic mass is 35.5. The molecule has 0 aliphatic carbocycles. The van der Waals surface area contributed by atoms with Gasteiger partial charge >= 0.3 is 5.69 Å². The van der Waals surface area contributed by atoms with Gasteiger partial charge in [0.05, 0.1) is 11.5 Å². The average Bonchev–Trinajstić information content (AvgIpc) is 2.36. The van der Waals surface area contributed by atoms with Crippen molar-refractivity contribution < 1.29 is 9.66 Å². The zero-order valence-corrected chi connectivity index (χ0v) is 12.3. The van der Waals surface area contributed by atoms with E-state index in [1.54, 1.807) is 12.1 Å². The molecule has 2 unspecified atom stereocenters. The molecule has 0 aliphatic heterocycles. The van der Waals surface area contributed by atoms with Gasteiger partial charge in [0.2, 0.25) is 0 Å². The fourth-order valence-corrected chi connectivity index (χ4v) is 2.39. The molecule has 0 aliphatic rings. The van der Waals surface area contributed by atoms with Crippen LogP contribution in [0, 0.1) is 10.1 Å². The maximum Gasteiger partial charge on any atom is 0.310 e.